The van der Waals surface area contributed by atoms with Crippen LogP contribution in [0.3, 0.4) is 0 Å². The molecule has 1 aliphatic heterocycles. The van der Waals surface area contributed by atoms with E-state index in [2.05, 4.69) is 11.4 Å². The van der Waals surface area contributed by atoms with Crippen molar-refractivity contribution in [2.24, 2.45) is 0 Å². The minimum atomic E-state index is 0.650. The van der Waals surface area contributed by atoms with Crippen LogP contribution in [-0.2, 0) is 0 Å². The van der Waals surface area contributed by atoms with Crippen LogP contribution >= 0.6 is 11.8 Å². The van der Waals surface area contributed by atoms with Gasteiger partial charge in [-0.05, 0) is 37.6 Å². The van der Waals surface area contributed by atoms with Gasteiger partial charge in [0.25, 0.3) is 0 Å². The third kappa shape index (κ3) is 3.56. The Morgan fingerprint density at radius 2 is 2.06 bits per heavy atom. The van der Waals surface area contributed by atoms with Crippen molar-refractivity contribution in [3.05, 3.63) is 18.2 Å². The zero-order valence-electron chi connectivity index (χ0n) is 11.1. The van der Waals surface area contributed by atoms with Crippen LogP contribution in [0.5, 0.6) is 11.5 Å². The summed E-state index contributed by atoms with van der Waals surface area (Å²) < 4.78 is 10.6. The number of hydrogen-bond donors (Lipinski definition) is 1. The number of nitrogens with one attached hydrogen (secondary N) is 1. The molecule has 0 saturated carbocycles. The fourth-order valence-corrected chi connectivity index (χ4v) is 3.20. The molecule has 1 atom stereocenters. The molecule has 1 saturated heterocycles. The first kappa shape index (κ1) is 13.6. The second-order valence-electron chi connectivity index (χ2n) is 4.47. The highest BCUT2D eigenvalue weighted by molar-refractivity contribution is 7.99. The van der Waals surface area contributed by atoms with Gasteiger partial charge in [0.1, 0.15) is 0 Å². The molecular formula is C14H21NO2S. The average Bonchev–Trinajstić information content (AvgIpc) is 2.45. The predicted molar refractivity (Wildman–Crippen MR) is 75.9 cm³/mol. The Kier molecular flexibility index (Phi) is 5.20. The number of hydrogen-bond acceptors (Lipinski definition) is 4. The lowest BCUT2D eigenvalue weighted by Crippen LogP contribution is -2.35. The molecule has 0 aliphatic carbocycles. The van der Waals surface area contributed by atoms with Crippen LogP contribution in [0.1, 0.15) is 19.3 Å². The van der Waals surface area contributed by atoms with E-state index < -0.39 is 0 Å². The van der Waals surface area contributed by atoms with E-state index in [0.29, 0.717) is 6.04 Å². The second-order valence-corrected chi connectivity index (χ2v) is 5.57. The predicted octanol–water partition coefficient (Wildman–Crippen LogP) is 2.94. The topological polar surface area (TPSA) is 30.5 Å². The van der Waals surface area contributed by atoms with Gasteiger partial charge >= 0.3 is 0 Å². The summed E-state index contributed by atoms with van der Waals surface area (Å²) in [5.41, 5.74) is 0. The van der Waals surface area contributed by atoms with Gasteiger partial charge in [0.15, 0.2) is 11.5 Å². The van der Waals surface area contributed by atoms with Gasteiger partial charge in [0, 0.05) is 16.7 Å². The van der Waals surface area contributed by atoms with Crippen molar-refractivity contribution in [2.45, 2.75) is 30.2 Å². The largest absolute Gasteiger partial charge is 0.493 e. The van der Waals surface area contributed by atoms with Crippen LogP contribution in [0.25, 0.3) is 0 Å². The highest BCUT2D eigenvalue weighted by Crippen LogP contribution is 2.32. The van der Waals surface area contributed by atoms with E-state index in [9.17, 15) is 0 Å². The van der Waals surface area contributed by atoms with Crippen molar-refractivity contribution < 1.29 is 9.47 Å². The van der Waals surface area contributed by atoms with Crippen LogP contribution < -0.4 is 14.8 Å². The fourth-order valence-electron chi connectivity index (χ4n) is 2.17. The van der Waals surface area contributed by atoms with E-state index in [4.69, 9.17) is 9.47 Å². The van der Waals surface area contributed by atoms with Crippen LogP contribution in [0.2, 0.25) is 0 Å². The number of methoxy groups -OCH3 is 2. The molecule has 2 rings (SSSR count). The minimum absolute atomic E-state index is 0.650. The van der Waals surface area contributed by atoms with Crippen LogP contribution in [0.4, 0.5) is 0 Å². The summed E-state index contributed by atoms with van der Waals surface area (Å²) in [6.45, 7) is 1.16. The van der Waals surface area contributed by atoms with Crippen molar-refractivity contribution in [3.8, 4) is 11.5 Å². The summed E-state index contributed by atoms with van der Waals surface area (Å²) in [6, 6.07) is 6.76. The molecule has 1 unspecified atom stereocenters. The van der Waals surface area contributed by atoms with E-state index in [1.807, 2.05) is 23.9 Å². The molecule has 100 valence electrons. The lowest BCUT2D eigenvalue weighted by Gasteiger charge is -2.23. The SMILES string of the molecule is COc1ccc(SCC2CCCCN2)cc1OC. The van der Waals surface area contributed by atoms with E-state index in [1.165, 1.54) is 24.2 Å². The lowest BCUT2D eigenvalue weighted by atomic mass is 10.1. The smallest absolute Gasteiger partial charge is 0.161 e. The Balaban J connectivity index is 1.92. The maximum absolute atomic E-state index is 5.31. The number of thioether (sulfide) groups is 1. The quantitative estimate of drug-likeness (QED) is 0.831. The van der Waals surface area contributed by atoms with E-state index in [1.54, 1.807) is 14.2 Å². The van der Waals surface area contributed by atoms with Crippen molar-refractivity contribution in [2.75, 3.05) is 26.5 Å². The summed E-state index contributed by atoms with van der Waals surface area (Å²) in [6.07, 6.45) is 3.96. The molecule has 1 fully saturated rings. The molecule has 0 aromatic heterocycles. The van der Waals surface area contributed by atoms with Gasteiger partial charge in [-0.3, -0.25) is 0 Å². The first-order valence-corrected chi connectivity index (χ1v) is 7.40. The Labute approximate surface area is 113 Å². The first-order chi connectivity index (χ1) is 8.83. The molecule has 0 amide bonds. The van der Waals surface area contributed by atoms with Crippen molar-refractivity contribution >= 4 is 11.8 Å². The molecule has 1 N–H and O–H groups in total. The molecule has 4 heteroatoms. The van der Waals surface area contributed by atoms with Crippen LogP contribution in [0.15, 0.2) is 23.1 Å². The highest BCUT2D eigenvalue weighted by atomic mass is 32.2. The zero-order valence-corrected chi connectivity index (χ0v) is 11.9. The van der Waals surface area contributed by atoms with Gasteiger partial charge < -0.3 is 14.8 Å². The highest BCUT2D eigenvalue weighted by Gasteiger charge is 2.13. The van der Waals surface area contributed by atoms with Crippen molar-refractivity contribution in [3.63, 3.8) is 0 Å². The van der Waals surface area contributed by atoms with E-state index in [0.717, 1.165) is 23.8 Å². The summed E-state index contributed by atoms with van der Waals surface area (Å²) in [5.74, 6) is 2.71. The Morgan fingerprint density at radius 3 is 2.72 bits per heavy atom. The Morgan fingerprint density at radius 1 is 1.22 bits per heavy atom. The molecule has 0 spiro atoms. The average molecular weight is 267 g/mol. The Bertz CT molecular complexity index is 378. The molecular weight excluding hydrogens is 246 g/mol. The van der Waals surface area contributed by atoms with Gasteiger partial charge in [-0.25, -0.2) is 0 Å². The van der Waals surface area contributed by atoms with Gasteiger partial charge in [-0.1, -0.05) is 6.42 Å². The number of rotatable bonds is 5. The summed E-state index contributed by atoms with van der Waals surface area (Å²) in [7, 11) is 3.34. The first-order valence-electron chi connectivity index (χ1n) is 6.41. The fraction of sp³-hybridized carbons (Fsp3) is 0.571. The molecule has 1 aromatic rings. The van der Waals surface area contributed by atoms with Crippen molar-refractivity contribution in [1.82, 2.24) is 5.32 Å². The summed E-state index contributed by atoms with van der Waals surface area (Å²) >= 11 is 1.88. The number of ether oxygens (including phenoxy) is 2. The molecule has 0 radical (unpaired) electrons. The van der Waals surface area contributed by atoms with Gasteiger partial charge in [0.2, 0.25) is 0 Å². The standard InChI is InChI=1S/C14H21NO2S/c1-16-13-7-6-12(9-14(13)17-2)18-10-11-5-3-4-8-15-11/h6-7,9,11,15H,3-5,8,10H2,1-2H3. The van der Waals surface area contributed by atoms with Crippen LogP contribution in [0, 0.1) is 0 Å². The number of piperidine rings is 1. The normalized spacial score (nSPS) is 19.6. The monoisotopic (exact) mass is 267 g/mol. The maximum atomic E-state index is 5.31. The molecule has 18 heavy (non-hydrogen) atoms. The van der Waals surface area contributed by atoms with Gasteiger partial charge in [-0.2, -0.15) is 0 Å². The number of benzene rings is 1. The zero-order chi connectivity index (χ0) is 12.8. The molecule has 1 aromatic carbocycles. The molecule has 1 aliphatic rings. The third-order valence-corrected chi connectivity index (χ3v) is 4.37. The van der Waals surface area contributed by atoms with E-state index >= 15 is 0 Å². The molecule has 1 heterocycles. The Hall–Kier alpha value is -0.870. The van der Waals surface area contributed by atoms with Crippen molar-refractivity contribution in [1.29, 1.82) is 0 Å². The summed E-state index contributed by atoms with van der Waals surface area (Å²) in [5, 5.41) is 3.56. The lowest BCUT2D eigenvalue weighted by molar-refractivity contribution is 0.354. The minimum Gasteiger partial charge on any atom is -0.493 e. The third-order valence-electron chi connectivity index (χ3n) is 3.22. The van der Waals surface area contributed by atoms with E-state index in [-0.39, 0.29) is 0 Å². The molecule has 3 nitrogen and oxygen atoms in total. The molecule has 0 bridgehead atoms. The maximum Gasteiger partial charge on any atom is 0.161 e. The summed E-state index contributed by atoms with van der Waals surface area (Å²) in [4.78, 5) is 1.24. The van der Waals surface area contributed by atoms with Gasteiger partial charge in [-0.15, -0.1) is 11.8 Å². The van der Waals surface area contributed by atoms with Gasteiger partial charge in [0.05, 0.1) is 14.2 Å². The second kappa shape index (κ2) is 6.90. The van der Waals surface area contributed by atoms with Crippen LogP contribution in [-0.4, -0.2) is 32.6 Å².